The predicted molar refractivity (Wildman–Crippen MR) is 122 cm³/mol. The fourth-order valence-electron chi connectivity index (χ4n) is 4.55. The molecule has 1 atom stereocenters. The summed E-state index contributed by atoms with van der Waals surface area (Å²) in [6, 6.07) is 15.2. The number of hydrogen-bond acceptors (Lipinski definition) is 6. The van der Waals surface area contributed by atoms with Crippen molar-refractivity contribution in [2.24, 2.45) is 11.1 Å². The lowest BCUT2D eigenvalue weighted by Gasteiger charge is -2.43. The van der Waals surface area contributed by atoms with Gasteiger partial charge in [0.2, 0.25) is 0 Å². The highest BCUT2D eigenvalue weighted by molar-refractivity contribution is 6.31. The number of non-ortho nitro benzene ring substituents is 1. The number of benzene rings is 2. The first-order valence-corrected chi connectivity index (χ1v) is 10.5. The summed E-state index contributed by atoms with van der Waals surface area (Å²) in [6.45, 7) is 4.01. The number of carbonyl (C=O) groups is 1. The summed E-state index contributed by atoms with van der Waals surface area (Å²) in [5.41, 5.74) is 8.80. The lowest BCUT2D eigenvalue weighted by atomic mass is 9.68. The second-order valence-corrected chi connectivity index (χ2v) is 9.18. The molecule has 2 aliphatic rings. The van der Waals surface area contributed by atoms with Gasteiger partial charge < -0.3 is 5.73 Å². The van der Waals surface area contributed by atoms with E-state index in [0.717, 1.165) is 0 Å². The number of halogens is 1. The first kappa shape index (κ1) is 21.6. The fourth-order valence-corrected chi connectivity index (χ4v) is 4.79. The van der Waals surface area contributed by atoms with Gasteiger partial charge in [-0.1, -0.05) is 43.6 Å². The Morgan fingerprint density at radius 1 is 1.19 bits per heavy atom. The van der Waals surface area contributed by atoms with Gasteiger partial charge in [-0.3, -0.25) is 19.8 Å². The molecule has 0 amide bonds. The summed E-state index contributed by atoms with van der Waals surface area (Å²) in [7, 11) is 0. The van der Waals surface area contributed by atoms with Crippen molar-refractivity contribution < 1.29 is 9.72 Å². The average Bonchev–Trinajstić information content (AvgIpc) is 2.73. The molecule has 0 fully saturated rings. The molecule has 0 bridgehead atoms. The molecule has 1 heterocycles. The fraction of sp³-hybridized carbons (Fsp3) is 0.250. The number of nitro benzene ring substituents is 1. The van der Waals surface area contributed by atoms with Gasteiger partial charge >= 0.3 is 0 Å². The van der Waals surface area contributed by atoms with Crippen molar-refractivity contribution in [3.63, 3.8) is 0 Å². The van der Waals surface area contributed by atoms with Crippen LogP contribution in [-0.2, 0) is 4.79 Å². The molecule has 7 nitrogen and oxygen atoms in total. The highest BCUT2D eigenvalue weighted by atomic mass is 35.5. The summed E-state index contributed by atoms with van der Waals surface area (Å²) in [5, 5.41) is 21.6. The third-order valence-corrected chi connectivity index (χ3v) is 6.26. The van der Waals surface area contributed by atoms with Crippen LogP contribution in [0, 0.1) is 26.9 Å². The van der Waals surface area contributed by atoms with Gasteiger partial charge in [-0.05, 0) is 35.6 Å². The number of hydrogen-bond donors (Lipinski definition) is 1. The minimum Gasteiger partial charge on any atom is -0.384 e. The maximum absolute atomic E-state index is 13.4. The first-order chi connectivity index (χ1) is 15.1. The molecule has 0 saturated carbocycles. The van der Waals surface area contributed by atoms with Gasteiger partial charge in [0.15, 0.2) is 5.78 Å². The maximum Gasteiger partial charge on any atom is 0.269 e. The van der Waals surface area contributed by atoms with Crippen molar-refractivity contribution in [2.75, 3.05) is 4.90 Å². The van der Waals surface area contributed by atoms with Crippen LogP contribution in [0.1, 0.15) is 38.2 Å². The SMILES string of the molecule is CC1(C)CC(=O)C2=C(C1)N(c1ccc([N+](=O)[O-])cc1)C(N)=C(C#N)[C@H]2c1ccccc1Cl. The smallest absolute Gasteiger partial charge is 0.269 e. The molecule has 162 valence electrons. The standard InChI is InChI=1S/C24H21ClN4O3/c1-24(2)11-19-22(20(30)12-24)21(16-5-3-4-6-18(16)25)17(13-26)23(27)28(19)14-7-9-15(10-8-14)29(31)32/h3-10,21H,11-12,27H2,1-2H3/t21-/m1/s1. The van der Waals surface area contributed by atoms with Gasteiger partial charge in [-0.2, -0.15) is 5.26 Å². The zero-order chi connectivity index (χ0) is 23.2. The lowest BCUT2D eigenvalue weighted by molar-refractivity contribution is -0.384. The predicted octanol–water partition coefficient (Wildman–Crippen LogP) is 5.19. The van der Waals surface area contributed by atoms with E-state index in [-0.39, 0.29) is 28.3 Å². The summed E-state index contributed by atoms with van der Waals surface area (Å²) in [5.74, 6) is -0.537. The molecule has 2 aromatic carbocycles. The van der Waals surface area contributed by atoms with Crippen molar-refractivity contribution in [2.45, 2.75) is 32.6 Å². The molecule has 0 saturated heterocycles. The van der Waals surface area contributed by atoms with Gasteiger partial charge in [0.25, 0.3) is 5.69 Å². The van der Waals surface area contributed by atoms with E-state index in [1.165, 1.54) is 12.1 Å². The summed E-state index contributed by atoms with van der Waals surface area (Å²) in [4.78, 5) is 25.7. The van der Waals surface area contributed by atoms with Gasteiger partial charge in [0.1, 0.15) is 5.82 Å². The molecule has 32 heavy (non-hydrogen) atoms. The molecule has 0 aromatic heterocycles. The van der Waals surface area contributed by atoms with Crippen LogP contribution in [0.2, 0.25) is 5.02 Å². The maximum atomic E-state index is 13.4. The Kier molecular flexibility index (Phi) is 5.27. The molecular weight excluding hydrogens is 428 g/mol. The Hall–Kier alpha value is -3.63. The molecule has 4 rings (SSSR count). The zero-order valence-electron chi connectivity index (χ0n) is 17.6. The molecule has 0 unspecified atom stereocenters. The third-order valence-electron chi connectivity index (χ3n) is 5.92. The number of carbonyl (C=O) groups excluding carboxylic acids is 1. The van der Waals surface area contributed by atoms with E-state index in [4.69, 9.17) is 17.3 Å². The minimum absolute atomic E-state index is 0.0583. The van der Waals surface area contributed by atoms with Crippen LogP contribution in [-0.4, -0.2) is 10.7 Å². The molecule has 8 heteroatoms. The Labute approximate surface area is 190 Å². The highest BCUT2D eigenvalue weighted by Gasteiger charge is 2.45. The highest BCUT2D eigenvalue weighted by Crippen LogP contribution is 2.51. The number of nitriles is 1. The number of nitrogens with zero attached hydrogens (tertiary/aromatic N) is 3. The van der Waals surface area contributed by atoms with Crippen LogP contribution in [0.5, 0.6) is 0 Å². The van der Waals surface area contributed by atoms with E-state index < -0.39 is 10.8 Å². The average molecular weight is 449 g/mol. The Bertz CT molecular complexity index is 1240. The molecule has 2 N–H and O–H groups in total. The van der Waals surface area contributed by atoms with Crippen molar-refractivity contribution >= 4 is 28.8 Å². The number of anilines is 1. The van der Waals surface area contributed by atoms with Crippen LogP contribution < -0.4 is 10.6 Å². The molecule has 1 aliphatic heterocycles. The zero-order valence-corrected chi connectivity index (χ0v) is 18.4. The Balaban J connectivity index is 1.98. The van der Waals surface area contributed by atoms with E-state index in [0.29, 0.717) is 40.4 Å². The van der Waals surface area contributed by atoms with Gasteiger partial charge in [0, 0.05) is 40.5 Å². The van der Waals surface area contributed by atoms with E-state index in [1.807, 2.05) is 19.9 Å². The van der Waals surface area contributed by atoms with Crippen molar-refractivity contribution in [3.05, 3.63) is 91.9 Å². The van der Waals surface area contributed by atoms with Gasteiger partial charge in [-0.15, -0.1) is 0 Å². The lowest BCUT2D eigenvalue weighted by Crippen LogP contribution is -2.42. The van der Waals surface area contributed by atoms with Crippen molar-refractivity contribution in [3.8, 4) is 6.07 Å². The molecule has 1 aliphatic carbocycles. The van der Waals surface area contributed by atoms with Crippen LogP contribution in [0.4, 0.5) is 11.4 Å². The second kappa shape index (κ2) is 7.81. The van der Waals surface area contributed by atoms with E-state index >= 15 is 0 Å². The summed E-state index contributed by atoms with van der Waals surface area (Å²) in [6.07, 6.45) is 0.880. The summed E-state index contributed by atoms with van der Waals surface area (Å²) < 4.78 is 0. The number of nitrogens with two attached hydrogens (primary N) is 1. The molecule has 0 radical (unpaired) electrons. The van der Waals surface area contributed by atoms with E-state index in [9.17, 15) is 20.2 Å². The van der Waals surface area contributed by atoms with Crippen molar-refractivity contribution in [1.29, 1.82) is 5.26 Å². The molecule has 0 spiro atoms. The van der Waals surface area contributed by atoms with Crippen molar-refractivity contribution in [1.82, 2.24) is 0 Å². The third kappa shape index (κ3) is 3.53. The number of ketones is 1. The van der Waals surface area contributed by atoms with E-state index in [2.05, 4.69) is 6.07 Å². The topological polar surface area (TPSA) is 113 Å². The van der Waals surface area contributed by atoms with Crippen LogP contribution in [0.3, 0.4) is 0 Å². The largest absolute Gasteiger partial charge is 0.384 e. The Morgan fingerprint density at radius 3 is 2.44 bits per heavy atom. The van der Waals surface area contributed by atoms with Crippen LogP contribution in [0.15, 0.2) is 71.2 Å². The monoisotopic (exact) mass is 448 g/mol. The molecular formula is C24H21ClN4O3. The number of rotatable bonds is 3. The van der Waals surface area contributed by atoms with Crippen LogP contribution in [0.25, 0.3) is 0 Å². The van der Waals surface area contributed by atoms with E-state index in [1.54, 1.807) is 35.2 Å². The number of Topliss-reactive ketones (excluding diaryl/α,β-unsaturated/α-hetero) is 1. The summed E-state index contributed by atoms with van der Waals surface area (Å²) >= 11 is 6.48. The Morgan fingerprint density at radius 2 is 1.84 bits per heavy atom. The molecule has 2 aromatic rings. The number of allylic oxidation sites excluding steroid dienone is 3. The second-order valence-electron chi connectivity index (χ2n) is 8.78. The van der Waals surface area contributed by atoms with Gasteiger partial charge in [-0.25, -0.2) is 0 Å². The van der Waals surface area contributed by atoms with Crippen LogP contribution >= 0.6 is 11.6 Å². The number of nitro groups is 1. The van der Waals surface area contributed by atoms with Gasteiger partial charge in [0.05, 0.1) is 22.5 Å². The minimum atomic E-state index is -0.665. The first-order valence-electron chi connectivity index (χ1n) is 10.1. The normalized spacial score (nSPS) is 20.1. The quantitative estimate of drug-likeness (QED) is 0.510.